The van der Waals surface area contributed by atoms with Gasteiger partial charge >= 0.3 is 12.2 Å². The summed E-state index contributed by atoms with van der Waals surface area (Å²) in [5.41, 5.74) is -0.158. The second-order valence-electron chi connectivity index (χ2n) is 8.53. The van der Waals surface area contributed by atoms with E-state index in [9.17, 15) is 9.59 Å². The van der Waals surface area contributed by atoms with Crippen molar-refractivity contribution in [3.63, 3.8) is 0 Å². The van der Waals surface area contributed by atoms with Crippen LogP contribution in [0.25, 0.3) is 0 Å². The van der Waals surface area contributed by atoms with Crippen LogP contribution in [-0.2, 0) is 9.47 Å². The highest BCUT2D eigenvalue weighted by Crippen LogP contribution is 2.28. The van der Waals surface area contributed by atoms with Crippen LogP contribution in [0.15, 0.2) is 30.3 Å². The fraction of sp³-hybridized carbons (Fsp3) is 0.600. The van der Waals surface area contributed by atoms with Gasteiger partial charge in [0.2, 0.25) is 0 Å². The van der Waals surface area contributed by atoms with E-state index >= 15 is 0 Å². The number of hydrogen-bond donors (Lipinski definition) is 0. The van der Waals surface area contributed by atoms with Crippen LogP contribution in [0.1, 0.15) is 53.1 Å². The van der Waals surface area contributed by atoms with Crippen molar-refractivity contribution in [3.05, 3.63) is 35.9 Å². The Kier molecular flexibility index (Phi) is 5.84. The maximum atomic E-state index is 12.7. The largest absolute Gasteiger partial charge is 0.444 e. The lowest BCUT2D eigenvalue weighted by molar-refractivity contribution is -0.0152. The van der Waals surface area contributed by atoms with E-state index in [2.05, 4.69) is 0 Å². The molecule has 1 aromatic carbocycles. The third kappa shape index (κ3) is 5.64. The third-order valence-electron chi connectivity index (χ3n) is 3.84. The average molecular weight is 362 g/mol. The Morgan fingerprint density at radius 1 is 0.885 bits per heavy atom. The van der Waals surface area contributed by atoms with Gasteiger partial charge in [0.25, 0.3) is 0 Å². The second-order valence-corrected chi connectivity index (χ2v) is 8.53. The standard InChI is InChI=1S/C20H30N2O4/c1-19(2,3)25-17(23)21-12-13-22(18(24)26-20(4,5)6)16(14-21)15-10-8-7-9-11-15/h7-11,16H,12-14H2,1-6H3/t16-/m1/s1. The van der Waals surface area contributed by atoms with E-state index in [0.717, 1.165) is 5.56 Å². The highest BCUT2D eigenvalue weighted by Gasteiger charge is 2.37. The number of hydrogen-bond acceptors (Lipinski definition) is 4. The number of ether oxygens (including phenoxy) is 2. The molecule has 26 heavy (non-hydrogen) atoms. The zero-order valence-corrected chi connectivity index (χ0v) is 16.6. The lowest BCUT2D eigenvalue weighted by Crippen LogP contribution is -2.54. The molecule has 1 saturated heterocycles. The van der Waals surface area contributed by atoms with Crippen molar-refractivity contribution in [1.29, 1.82) is 0 Å². The topological polar surface area (TPSA) is 59.1 Å². The summed E-state index contributed by atoms with van der Waals surface area (Å²) in [4.78, 5) is 28.5. The summed E-state index contributed by atoms with van der Waals surface area (Å²) >= 11 is 0. The average Bonchev–Trinajstić information content (AvgIpc) is 2.52. The minimum atomic E-state index is -0.569. The van der Waals surface area contributed by atoms with Gasteiger partial charge in [-0.1, -0.05) is 30.3 Å². The van der Waals surface area contributed by atoms with Gasteiger partial charge in [0.05, 0.1) is 6.04 Å². The van der Waals surface area contributed by atoms with Crippen molar-refractivity contribution in [2.75, 3.05) is 19.6 Å². The summed E-state index contributed by atoms with van der Waals surface area (Å²) in [5, 5.41) is 0. The predicted molar refractivity (Wildman–Crippen MR) is 99.9 cm³/mol. The highest BCUT2D eigenvalue weighted by atomic mass is 16.6. The van der Waals surface area contributed by atoms with Crippen LogP contribution >= 0.6 is 0 Å². The zero-order valence-electron chi connectivity index (χ0n) is 16.6. The van der Waals surface area contributed by atoms with E-state index in [1.165, 1.54) is 0 Å². The molecule has 1 aromatic rings. The fourth-order valence-corrected chi connectivity index (χ4v) is 2.77. The van der Waals surface area contributed by atoms with Crippen LogP contribution in [0.5, 0.6) is 0 Å². The molecule has 144 valence electrons. The van der Waals surface area contributed by atoms with Gasteiger partial charge in [-0.25, -0.2) is 9.59 Å². The van der Waals surface area contributed by atoms with E-state index in [-0.39, 0.29) is 18.2 Å². The molecule has 0 bridgehead atoms. The van der Waals surface area contributed by atoms with Crippen molar-refractivity contribution < 1.29 is 19.1 Å². The molecule has 1 heterocycles. The molecule has 0 unspecified atom stereocenters. The first-order valence-corrected chi connectivity index (χ1v) is 8.99. The number of rotatable bonds is 1. The van der Waals surface area contributed by atoms with Crippen LogP contribution in [0.3, 0.4) is 0 Å². The van der Waals surface area contributed by atoms with Crippen LogP contribution in [0, 0.1) is 0 Å². The molecule has 6 heteroatoms. The molecule has 1 aliphatic heterocycles. The lowest BCUT2D eigenvalue weighted by atomic mass is 10.0. The normalized spacial score (nSPS) is 18.5. The van der Waals surface area contributed by atoms with Crippen LogP contribution in [0.2, 0.25) is 0 Å². The minimum Gasteiger partial charge on any atom is -0.444 e. The number of piperazine rings is 1. The molecule has 0 radical (unpaired) electrons. The molecule has 0 N–H and O–H groups in total. The Morgan fingerprint density at radius 3 is 1.96 bits per heavy atom. The van der Waals surface area contributed by atoms with E-state index in [4.69, 9.17) is 9.47 Å². The van der Waals surface area contributed by atoms with E-state index in [1.807, 2.05) is 71.9 Å². The lowest BCUT2D eigenvalue weighted by Gasteiger charge is -2.42. The van der Waals surface area contributed by atoms with Gasteiger partial charge in [-0.15, -0.1) is 0 Å². The molecule has 6 nitrogen and oxygen atoms in total. The van der Waals surface area contributed by atoms with Crippen LogP contribution < -0.4 is 0 Å². The first kappa shape index (κ1) is 20.1. The van der Waals surface area contributed by atoms with Crippen molar-refractivity contribution in [3.8, 4) is 0 Å². The molecule has 1 fully saturated rings. The smallest absolute Gasteiger partial charge is 0.410 e. The molecule has 0 aromatic heterocycles. The number of amides is 2. The Hall–Kier alpha value is -2.24. The number of carbonyl (C=O) groups excluding carboxylic acids is 2. The maximum Gasteiger partial charge on any atom is 0.410 e. The van der Waals surface area contributed by atoms with E-state index in [0.29, 0.717) is 19.6 Å². The Labute approximate surface area is 156 Å². The Bertz CT molecular complexity index is 631. The van der Waals surface area contributed by atoms with Crippen molar-refractivity contribution in [1.82, 2.24) is 9.80 Å². The summed E-state index contributed by atoms with van der Waals surface area (Å²) in [6.07, 6.45) is -0.725. The highest BCUT2D eigenvalue weighted by molar-refractivity contribution is 5.71. The molecule has 0 saturated carbocycles. The van der Waals surface area contributed by atoms with E-state index < -0.39 is 11.2 Å². The van der Waals surface area contributed by atoms with Gasteiger partial charge in [-0.3, -0.25) is 4.90 Å². The summed E-state index contributed by atoms with van der Waals surface area (Å²) in [6, 6.07) is 9.42. The molecule has 1 aliphatic rings. The van der Waals surface area contributed by atoms with Crippen molar-refractivity contribution in [2.45, 2.75) is 58.8 Å². The second kappa shape index (κ2) is 7.56. The number of benzene rings is 1. The molecular weight excluding hydrogens is 332 g/mol. The van der Waals surface area contributed by atoms with Crippen LogP contribution in [0.4, 0.5) is 9.59 Å². The molecule has 2 amide bonds. The van der Waals surface area contributed by atoms with Gasteiger partial charge in [0, 0.05) is 19.6 Å². The molecule has 1 atom stereocenters. The summed E-state index contributed by atoms with van der Waals surface area (Å²) < 4.78 is 11.0. The van der Waals surface area contributed by atoms with Crippen molar-refractivity contribution in [2.24, 2.45) is 0 Å². The quantitative estimate of drug-likeness (QED) is 0.751. The van der Waals surface area contributed by atoms with Gasteiger partial charge < -0.3 is 14.4 Å². The predicted octanol–water partition coefficient (Wildman–Crippen LogP) is 4.22. The maximum absolute atomic E-state index is 12.7. The zero-order chi connectivity index (χ0) is 19.5. The minimum absolute atomic E-state index is 0.271. The van der Waals surface area contributed by atoms with Gasteiger partial charge in [0.1, 0.15) is 11.2 Å². The number of carbonyl (C=O) groups is 2. The summed E-state index contributed by atoms with van der Waals surface area (Å²) in [7, 11) is 0. The Balaban J connectivity index is 2.21. The van der Waals surface area contributed by atoms with Gasteiger partial charge in [0.15, 0.2) is 0 Å². The Morgan fingerprint density at radius 2 is 1.42 bits per heavy atom. The van der Waals surface area contributed by atoms with E-state index in [1.54, 1.807) is 9.80 Å². The van der Waals surface area contributed by atoms with Crippen LogP contribution in [-0.4, -0.2) is 52.8 Å². The molecular formula is C20H30N2O4. The third-order valence-corrected chi connectivity index (χ3v) is 3.84. The first-order valence-electron chi connectivity index (χ1n) is 8.99. The number of nitrogens with zero attached hydrogens (tertiary/aromatic N) is 2. The first-order chi connectivity index (χ1) is 12.0. The summed E-state index contributed by atoms with van der Waals surface area (Å²) in [6.45, 7) is 12.3. The SMILES string of the molecule is CC(C)(C)OC(=O)N1CCN(C(=O)OC(C)(C)C)[C@@H](c2ccccc2)C1. The monoisotopic (exact) mass is 362 g/mol. The molecule has 0 spiro atoms. The molecule has 0 aliphatic carbocycles. The van der Waals surface area contributed by atoms with Crippen molar-refractivity contribution >= 4 is 12.2 Å². The van der Waals surface area contributed by atoms with Gasteiger partial charge in [-0.05, 0) is 47.1 Å². The summed E-state index contributed by atoms with van der Waals surface area (Å²) in [5.74, 6) is 0. The molecule has 2 rings (SSSR count). The fourth-order valence-electron chi connectivity index (χ4n) is 2.77. The van der Waals surface area contributed by atoms with Gasteiger partial charge in [-0.2, -0.15) is 0 Å².